The third-order valence-electron chi connectivity index (χ3n) is 4.33. The van der Waals surface area contributed by atoms with Gasteiger partial charge in [0.2, 0.25) is 0 Å². The maximum absolute atomic E-state index is 13.3. The number of hydrogen-bond donors (Lipinski definition) is 0. The number of nitrogens with zero attached hydrogens (tertiary/aromatic N) is 1. The third-order valence-corrected chi connectivity index (χ3v) is 6.57. The van der Waals surface area contributed by atoms with E-state index in [4.69, 9.17) is 4.74 Å². The molecule has 0 aromatic heterocycles. The summed E-state index contributed by atoms with van der Waals surface area (Å²) in [6.45, 7) is 5.58. The van der Waals surface area contributed by atoms with Gasteiger partial charge in [0.1, 0.15) is 5.75 Å². The van der Waals surface area contributed by atoms with Crippen LogP contribution >= 0.6 is 0 Å². The summed E-state index contributed by atoms with van der Waals surface area (Å²) in [4.78, 5) is 0.377. The SMILES string of the molecule is COc1cc(C)c(S(=O)(=O)N2c3ccccc3C[C@H]2C)c(C)c1. The Bertz CT molecular complexity index is 835. The van der Waals surface area contributed by atoms with Crippen LogP contribution < -0.4 is 9.04 Å². The zero-order valence-corrected chi connectivity index (χ0v) is 14.6. The van der Waals surface area contributed by atoms with Crippen LogP contribution in [0.5, 0.6) is 5.75 Å². The fourth-order valence-corrected chi connectivity index (χ4v) is 5.55. The van der Waals surface area contributed by atoms with Crippen molar-refractivity contribution in [3.8, 4) is 5.75 Å². The quantitative estimate of drug-likeness (QED) is 0.865. The number of hydrogen-bond acceptors (Lipinski definition) is 3. The molecule has 0 radical (unpaired) electrons. The van der Waals surface area contributed by atoms with E-state index in [9.17, 15) is 8.42 Å². The van der Waals surface area contributed by atoms with Gasteiger partial charge in [-0.05, 0) is 62.1 Å². The van der Waals surface area contributed by atoms with Gasteiger partial charge in [-0.25, -0.2) is 8.42 Å². The van der Waals surface area contributed by atoms with Gasteiger partial charge in [0.15, 0.2) is 0 Å². The summed E-state index contributed by atoms with van der Waals surface area (Å²) in [6, 6.07) is 11.2. The molecule has 2 aromatic rings. The van der Waals surface area contributed by atoms with Gasteiger partial charge in [0, 0.05) is 6.04 Å². The predicted molar refractivity (Wildman–Crippen MR) is 91.7 cm³/mol. The number of methoxy groups -OCH3 is 1. The van der Waals surface area contributed by atoms with Crippen LogP contribution in [0.1, 0.15) is 23.6 Å². The molecule has 0 saturated heterocycles. The molecule has 3 rings (SSSR count). The van der Waals surface area contributed by atoms with Crippen molar-refractivity contribution in [1.82, 2.24) is 0 Å². The molecule has 0 spiro atoms. The van der Waals surface area contributed by atoms with Crippen molar-refractivity contribution in [1.29, 1.82) is 0 Å². The van der Waals surface area contributed by atoms with E-state index in [0.717, 1.165) is 17.7 Å². The normalized spacial score (nSPS) is 17.2. The van der Waals surface area contributed by atoms with Gasteiger partial charge >= 0.3 is 0 Å². The Labute approximate surface area is 137 Å². The van der Waals surface area contributed by atoms with Crippen molar-refractivity contribution in [2.45, 2.75) is 38.1 Å². The molecule has 5 heteroatoms. The van der Waals surface area contributed by atoms with Crippen molar-refractivity contribution in [2.24, 2.45) is 0 Å². The lowest BCUT2D eigenvalue weighted by Gasteiger charge is -2.26. The first kappa shape index (κ1) is 15.9. The first-order valence-electron chi connectivity index (χ1n) is 7.64. The highest BCUT2D eigenvalue weighted by Gasteiger charge is 2.37. The molecule has 0 saturated carbocycles. The second-order valence-electron chi connectivity index (χ2n) is 6.07. The van der Waals surface area contributed by atoms with Crippen LogP contribution in [-0.4, -0.2) is 21.6 Å². The monoisotopic (exact) mass is 331 g/mol. The fraction of sp³-hybridized carbons (Fsp3) is 0.333. The smallest absolute Gasteiger partial charge is 0.265 e. The summed E-state index contributed by atoms with van der Waals surface area (Å²) in [5.41, 5.74) is 3.28. The summed E-state index contributed by atoms with van der Waals surface area (Å²) in [5.74, 6) is 0.675. The molecule has 1 aliphatic rings. The highest BCUT2D eigenvalue weighted by molar-refractivity contribution is 7.93. The lowest BCUT2D eigenvalue weighted by atomic mass is 10.1. The average Bonchev–Trinajstić information content (AvgIpc) is 2.82. The number of benzene rings is 2. The van der Waals surface area contributed by atoms with E-state index >= 15 is 0 Å². The first-order valence-corrected chi connectivity index (χ1v) is 9.08. The molecule has 4 nitrogen and oxygen atoms in total. The zero-order chi connectivity index (χ0) is 16.8. The third kappa shape index (κ3) is 2.49. The number of para-hydroxylation sites is 1. The standard InChI is InChI=1S/C18H21NO3S/c1-12-9-16(22-4)10-13(2)18(12)23(20,21)19-14(3)11-15-7-5-6-8-17(15)19/h5-10,14H,11H2,1-4H3/t14-/m1/s1. The van der Waals surface area contributed by atoms with E-state index in [0.29, 0.717) is 21.8 Å². The van der Waals surface area contributed by atoms with E-state index in [1.54, 1.807) is 23.5 Å². The van der Waals surface area contributed by atoms with Crippen LogP contribution in [0.3, 0.4) is 0 Å². The Morgan fingerprint density at radius 2 is 1.74 bits per heavy atom. The van der Waals surface area contributed by atoms with Crippen LogP contribution in [0.4, 0.5) is 5.69 Å². The Kier molecular flexibility index (Phi) is 3.84. The van der Waals surface area contributed by atoms with Crippen molar-refractivity contribution in [3.05, 3.63) is 53.1 Å². The van der Waals surface area contributed by atoms with Crippen LogP contribution in [0, 0.1) is 13.8 Å². The predicted octanol–water partition coefficient (Wildman–Crippen LogP) is 3.45. The Morgan fingerprint density at radius 1 is 1.13 bits per heavy atom. The minimum Gasteiger partial charge on any atom is -0.497 e. The Balaban J connectivity index is 2.17. The van der Waals surface area contributed by atoms with Gasteiger partial charge in [0.05, 0.1) is 17.7 Å². The summed E-state index contributed by atoms with van der Waals surface area (Å²) >= 11 is 0. The Morgan fingerprint density at radius 3 is 2.35 bits per heavy atom. The minimum absolute atomic E-state index is 0.0849. The molecule has 0 aliphatic carbocycles. The van der Waals surface area contributed by atoms with Gasteiger partial charge in [0.25, 0.3) is 10.0 Å². The second kappa shape index (κ2) is 5.57. The molecular formula is C18H21NO3S. The number of rotatable bonds is 3. The molecule has 0 fully saturated rings. The molecule has 1 aliphatic heterocycles. The average molecular weight is 331 g/mol. The summed E-state index contributed by atoms with van der Waals surface area (Å²) in [6.07, 6.45) is 0.740. The largest absolute Gasteiger partial charge is 0.497 e. The number of ether oxygens (including phenoxy) is 1. The summed E-state index contributed by atoms with van der Waals surface area (Å²) in [5, 5.41) is 0. The number of fused-ring (bicyclic) bond motifs is 1. The topological polar surface area (TPSA) is 46.6 Å². The first-order chi connectivity index (χ1) is 10.9. The van der Waals surface area contributed by atoms with Gasteiger partial charge in [-0.2, -0.15) is 0 Å². The second-order valence-corrected chi connectivity index (χ2v) is 7.82. The molecule has 0 amide bonds. The lowest BCUT2D eigenvalue weighted by Crippen LogP contribution is -2.36. The Hall–Kier alpha value is -2.01. The number of anilines is 1. The van der Waals surface area contributed by atoms with Crippen molar-refractivity contribution < 1.29 is 13.2 Å². The zero-order valence-electron chi connectivity index (χ0n) is 13.8. The maximum Gasteiger partial charge on any atom is 0.265 e. The van der Waals surface area contributed by atoms with Crippen LogP contribution in [0.25, 0.3) is 0 Å². The van der Waals surface area contributed by atoms with Crippen LogP contribution in [0.15, 0.2) is 41.3 Å². The maximum atomic E-state index is 13.3. The van der Waals surface area contributed by atoms with Gasteiger partial charge in [-0.1, -0.05) is 18.2 Å². The number of sulfonamides is 1. The molecule has 0 bridgehead atoms. The number of aryl methyl sites for hydroxylation is 2. The van der Waals surface area contributed by atoms with Gasteiger partial charge in [-0.15, -0.1) is 0 Å². The molecule has 23 heavy (non-hydrogen) atoms. The van der Waals surface area contributed by atoms with E-state index < -0.39 is 10.0 Å². The van der Waals surface area contributed by atoms with E-state index in [-0.39, 0.29) is 6.04 Å². The van der Waals surface area contributed by atoms with Crippen LogP contribution in [0.2, 0.25) is 0 Å². The van der Waals surface area contributed by atoms with Crippen molar-refractivity contribution in [3.63, 3.8) is 0 Å². The molecule has 0 unspecified atom stereocenters. The van der Waals surface area contributed by atoms with E-state index in [1.165, 1.54) is 0 Å². The van der Waals surface area contributed by atoms with E-state index in [2.05, 4.69) is 0 Å². The van der Waals surface area contributed by atoms with Crippen molar-refractivity contribution >= 4 is 15.7 Å². The van der Waals surface area contributed by atoms with Gasteiger partial charge < -0.3 is 4.74 Å². The molecule has 1 heterocycles. The molecule has 2 aromatic carbocycles. The van der Waals surface area contributed by atoms with Crippen molar-refractivity contribution in [2.75, 3.05) is 11.4 Å². The van der Waals surface area contributed by atoms with Crippen LogP contribution in [-0.2, 0) is 16.4 Å². The molecule has 122 valence electrons. The molecule has 0 N–H and O–H groups in total. The minimum atomic E-state index is -3.61. The summed E-state index contributed by atoms with van der Waals surface area (Å²) < 4.78 is 33.5. The fourth-order valence-electron chi connectivity index (χ4n) is 3.44. The highest BCUT2D eigenvalue weighted by Crippen LogP contribution is 2.38. The lowest BCUT2D eigenvalue weighted by molar-refractivity contribution is 0.413. The molecular weight excluding hydrogens is 310 g/mol. The molecule has 1 atom stereocenters. The van der Waals surface area contributed by atoms with E-state index in [1.807, 2.05) is 45.0 Å². The highest BCUT2D eigenvalue weighted by atomic mass is 32.2. The van der Waals surface area contributed by atoms with Gasteiger partial charge in [-0.3, -0.25) is 4.31 Å². The summed E-state index contributed by atoms with van der Waals surface area (Å²) in [7, 11) is -2.03.